The first-order valence-corrected chi connectivity index (χ1v) is 6.38. The Balaban J connectivity index is 2.56. The quantitative estimate of drug-likeness (QED) is 0.778. The lowest BCUT2D eigenvalue weighted by Gasteiger charge is -2.04. The molecule has 1 heterocycles. The summed E-state index contributed by atoms with van der Waals surface area (Å²) in [5.41, 5.74) is 2.80. The van der Waals surface area contributed by atoms with Crippen molar-refractivity contribution in [3.05, 3.63) is 29.6 Å². The van der Waals surface area contributed by atoms with E-state index >= 15 is 0 Å². The summed E-state index contributed by atoms with van der Waals surface area (Å²) in [5, 5.41) is 0.783. The van der Waals surface area contributed by atoms with E-state index in [0.29, 0.717) is 5.82 Å². The second kappa shape index (κ2) is 4.13. The van der Waals surface area contributed by atoms with Gasteiger partial charge in [-0.25, -0.2) is 4.98 Å². The fourth-order valence-electron chi connectivity index (χ4n) is 1.27. The number of H-pyrrole nitrogens is 1. The molecule has 1 aromatic carbocycles. The van der Waals surface area contributed by atoms with Gasteiger partial charge in [-0.05, 0) is 17.7 Å². The van der Waals surface area contributed by atoms with Gasteiger partial charge in [0.2, 0.25) is 3.79 Å². The number of rotatable bonds is 1. The van der Waals surface area contributed by atoms with Gasteiger partial charge in [0, 0.05) is 5.33 Å². The molecule has 0 radical (unpaired) electrons. The number of halogens is 4. The monoisotopic (exact) mass is 326 g/mol. The number of hydrogen-bond donors (Lipinski definition) is 1. The van der Waals surface area contributed by atoms with Gasteiger partial charge < -0.3 is 4.98 Å². The van der Waals surface area contributed by atoms with Gasteiger partial charge in [-0.3, -0.25) is 0 Å². The van der Waals surface area contributed by atoms with Crippen LogP contribution >= 0.6 is 50.7 Å². The zero-order valence-electron chi connectivity index (χ0n) is 7.40. The highest BCUT2D eigenvalue weighted by molar-refractivity contribution is 9.08. The molecule has 80 valence electrons. The van der Waals surface area contributed by atoms with E-state index in [9.17, 15) is 0 Å². The minimum Gasteiger partial charge on any atom is -0.338 e. The maximum Gasteiger partial charge on any atom is 0.248 e. The van der Waals surface area contributed by atoms with Gasteiger partial charge in [-0.15, -0.1) is 0 Å². The third kappa shape index (κ3) is 2.41. The number of hydrogen-bond acceptors (Lipinski definition) is 1. The number of aromatic amines is 1. The second-order valence-electron chi connectivity index (χ2n) is 3.07. The number of aromatic nitrogens is 2. The molecular weight excluding hydrogens is 322 g/mol. The highest BCUT2D eigenvalue weighted by atomic mass is 79.9. The van der Waals surface area contributed by atoms with Crippen LogP contribution in [0.5, 0.6) is 0 Å². The summed E-state index contributed by atoms with van der Waals surface area (Å²) in [6.07, 6.45) is 0. The molecule has 0 atom stereocenters. The molecule has 2 aromatic rings. The van der Waals surface area contributed by atoms with E-state index in [2.05, 4.69) is 25.9 Å². The maximum absolute atomic E-state index is 5.73. The highest BCUT2D eigenvalue weighted by Crippen LogP contribution is 2.37. The fourth-order valence-corrected chi connectivity index (χ4v) is 1.89. The van der Waals surface area contributed by atoms with E-state index in [1.54, 1.807) is 0 Å². The third-order valence-electron chi connectivity index (χ3n) is 1.97. The predicted octanol–water partition coefficient (Wildman–Crippen LogP) is 4.28. The van der Waals surface area contributed by atoms with E-state index in [-0.39, 0.29) is 0 Å². The Morgan fingerprint density at radius 2 is 2.07 bits per heavy atom. The number of fused-ring (bicyclic) bond motifs is 1. The Kier molecular flexibility index (Phi) is 3.17. The summed E-state index contributed by atoms with van der Waals surface area (Å²) in [5.74, 6) is 0.342. The molecule has 0 amide bonds. The molecule has 0 saturated heterocycles. The van der Waals surface area contributed by atoms with Crippen molar-refractivity contribution < 1.29 is 0 Å². The molecule has 2 nitrogen and oxygen atoms in total. The first kappa shape index (κ1) is 11.5. The zero-order chi connectivity index (χ0) is 11.1. The average molecular weight is 328 g/mol. The standard InChI is InChI=1S/C9H6BrCl3N2/c10-4-5-1-2-6-7(3-5)15-8(14-6)9(11,12)13/h1-3H,4H2,(H,14,15). The molecule has 2 rings (SSSR count). The molecule has 0 fully saturated rings. The summed E-state index contributed by atoms with van der Waals surface area (Å²) in [4.78, 5) is 7.18. The van der Waals surface area contributed by atoms with Crippen molar-refractivity contribution in [2.45, 2.75) is 9.12 Å². The minimum atomic E-state index is -1.51. The maximum atomic E-state index is 5.73. The van der Waals surface area contributed by atoms with Crippen molar-refractivity contribution in [2.24, 2.45) is 0 Å². The van der Waals surface area contributed by atoms with Gasteiger partial charge in [-0.2, -0.15) is 0 Å². The van der Waals surface area contributed by atoms with Crippen LogP contribution in [-0.2, 0) is 9.12 Å². The summed E-state index contributed by atoms with van der Waals surface area (Å²) in [6.45, 7) is 0. The Labute approximate surface area is 110 Å². The molecule has 0 bridgehead atoms. The van der Waals surface area contributed by atoms with E-state index in [1.807, 2.05) is 18.2 Å². The van der Waals surface area contributed by atoms with Gasteiger partial charge in [-0.1, -0.05) is 56.8 Å². The Hall–Kier alpha value is 0.0400. The van der Waals surface area contributed by atoms with E-state index in [4.69, 9.17) is 34.8 Å². The molecule has 0 aliphatic carbocycles. The van der Waals surface area contributed by atoms with Gasteiger partial charge in [0.05, 0.1) is 11.0 Å². The molecule has 6 heteroatoms. The predicted molar refractivity (Wildman–Crippen MR) is 68.0 cm³/mol. The van der Waals surface area contributed by atoms with E-state index in [1.165, 1.54) is 0 Å². The molecule has 15 heavy (non-hydrogen) atoms. The molecule has 0 aliphatic heterocycles. The van der Waals surface area contributed by atoms with E-state index in [0.717, 1.165) is 21.9 Å². The zero-order valence-corrected chi connectivity index (χ0v) is 11.3. The van der Waals surface area contributed by atoms with Gasteiger partial charge in [0.15, 0.2) is 5.82 Å². The van der Waals surface area contributed by atoms with Crippen LogP contribution in [0.25, 0.3) is 11.0 Å². The van der Waals surface area contributed by atoms with Crippen LogP contribution in [0.3, 0.4) is 0 Å². The van der Waals surface area contributed by atoms with Gasteiger partial charge in [0.25, 0.3) is 0 Å². The first-order chi connectivity index (χ1) is 7.00. The van der Waals surface area contributed by atoms with E-state index < -0.39 is 3.79 Å². The molecule has 1 N–H and O–H groups in total. The summed E-state index contributed by atoms with van der Waals surface area (Å²) in [7, 11) is 0. The number of benzene rings is 1. The lowest BCUT2D eigenvalue weighted by molar-refractivity contribution is 1.05. The molecule has 1 aromatic heterocycles. The Bertz CT molecular complexity index is 490. The largest absolute Gasteiger partial charge is 0.338 e. The van der Waals surface area contributed by atoms with Crippen molar-refractivity contribution in [1.29, 1.82) is 0 Å². The van der Waals surface area contributed by atoms with Crippen molar-refractivity contribution >= 4 is 61.8 Å². The molecule has 0 saturated carbocycles. The fraction of sp³-hybridized carbons (Fsp3) is 0.222. The highest BCUT2D eigenvalue weighted by Gasteiger charge is 2.26. The summed E-state index contributed by atoms with van der Waals surface area (Å²) in [6, 6.07) is 5.83. The number of nitrogens with one attached hydrogen (secondary N) is 1. The normalized spacial score (nSPS) is 12.3. The van der Waals surface area contributed by atoms with Crippen LogP contribution in [-0.4, -0.2) is 9.97 Å². The van der Waals surface area contributed by atoms with Crippen LogP contribution in [0.1, 0.15) is 11.4 Å². The molecule has 0 spiro atoms. The van der Waals surface area contributed by atoms with Crippen LogP contribution in [0, 0.1) is 0 Å². The SMILES string of the molecule is ClC(Cl)(Cl)c1nc2ccc(CBr)cc2[nH]1. The second-order valence-corrected chi connectivity index (χ2v) is 5.91. The minimum absolute atomic E-state index is 0.342. The van der Waals surface area contributed by atoms with Crippen LogP contribution in [0.15, 0.2) is 18.2 Å². The van der Waals surface area contributed by atoms with Gasteiger partial charge >= 0.3 is 0 Å². The number of nitrogens with zero attached hydrogens (tertiary/aromatic N) is 1. The van der Waals surface area contributed by atoms with Crippen LogP contribution in [0.4, 0.5) is 0 Å². The summed E-state index contributed by atoms with van der Waals surface area (Å²) >= 11 is 20.6. The lowest BCUT2D eigenvalue weighted by atomic mass is 10.2. The van der Waals surface area contributed by atoms with Crippen LogP contribution in [0.2, 0.25) is 0 Å². The average Bonchev–Trinajstić information content (AvgIpc) is 2.59. The van der Waals surface area contributed by atoms with Crippen LogP contribution < -0.4 is 0 Å². The van der Waals surface area contributed by atoms with Crippen molar-refractivity contribution in [2.75, 3.05) is 0 Å². The first-order valence-electron chi connectivity index (χ1n) is 4.12. The van der Waals surface area contributed by atoms with Crippen molar-refractivity contribution in [3.8, 4) is 0 Å². The topological polar surface area (TPSA) is 28.7 Å². The molecule has 0 unspecified atom stereocenters. The number of alkyl halides is 4. The lowest BCUT2D eigenvalue weighted by Crippen LogP contribution is -2.01. The van der Waals surface area contributed by atoms with Gasteiger partial charge in [0.1, 0.15) is 0 Å². The van der Waals surface area contributed by atoms with Crippen molar-refractivity contribution in [1.82, 2.24) is 9.97 Å². The Morgan fingerprint density at radius 1 is 1.33 bits per heavy atom. The third-order valence-corrected chi connectivity index (χ3v) is 3.15. The molecular formula is C9H6BrCl3N2. The van der Waals surface area contributed by atoms with Crippen molar-refractivity contribution in [3.63, 3.8) is 0 Å². The smallest absolute Gasteiger partial charge is 0.248 e. The molecule has 0 aliphatic rings. The Morgan fingerprint density at radius 3 is 2.67 bits per heavy atom. The number of imidazole rings is 1. The summed E-state index contributed by atoms with van der Waals surface area (Å²) < 4.78 is -1.51.